The van der Waals surface area contributed by atoms with E-state index in [4.69, 9.17) is 4.74 Å². The molecular weight excluding hydrogens is 188 g/mol. The lowest BCUT2D eigenvalue weighted by Gasteiger charge is -2.42. The lowest BCUT2D eigenvalue weighted by Crippen LogP contribution is -2.54. The summed E-state index contributed by atoms with van der Waals surface area (Å²) in [7, 11) is 0. The SMILES string of the molecule is CC1CN(CC2CN(C(C)C)CCO2)C1. The largest absolute Gasteiger partial charge is 0.374 e. The van der Waals surface area contributed by atoms with Crippen LogP contribution in [0.4, 0.5) is 0 Å². The van der Waals surface area contributed by atoms with Crippen molar-refractivity contribution in [1.82, 2.24) is 9.80 Å². The molecule has 0 aromatic heterocycles. The molecule has 3 heteroatoms. The monoisotopic (exact) mass is 212 g/mol. The van der Waals surface area contributed by atoms with Crippen molar-refractivity contribution in [3.05, 3.63) is 0 Å². The van der Waals surface area contributed by atoms with Crippen LogP contribution in [0.15, 0.2) is 0 Å². The summed E-state index contributed by atoms with van der Waals surface area (Å²) >= 11 is 0. The molecule has 1 unspecified atom stereocenters. The average molecular weight is 212 g/mol. The highest BCUT2D eigenvalue weighted by molar-refractivity contribution is 4.82. The number of nitrogens with zero attached hydrogens (tertiary/aromatic N) is 2. The standard InChI is InChI=1S/C12H24N2O/c1-10(2)14-4-5-15-12(9-14)8-13-6-11(3)7-13/h10-12H,4-9H2,1-3H3. The highest BCUT2D eigenvalue weighted by Gasteiger charge is 2.28. The number of ether oxygens (including phenoxy) is 1. The second-order valence-electron chi connectivity index (χ2n) is 5.41. The first-order valence-electron chi connectivity index (χ1n) is 6.23. The number of hydrogen-bond donors (Lipinski definition) is 0. The molecule has 2 fully saturated rings. The van der Waals surface area contributed by atoms with E-state index >= 15 is 0 Å². The van der Waals surface area contributed by atoms with Crippen molar-refractivity contribution < 1.29 is 4.74 Å². The third kappa shape index (κ3) is 2.92. The van der Waals surface area contributed by atoms with Gasteiger partial charge in [0, 0.05) is 38.8 Å². The van der Waals surface area contributed by atoms with Gasteiger partial charge in [-0.15, -0.1) is 0 Å². The van der Waals surface area contributed by atoms with E-state index in [1.54, 1.807) is 0 Å². The summed E-state index contributed by atoms with van der Waals surface area (Å²) in [6.07, 6.45) is 0.439. The van der Waals surface area contributed by atoms with Gasteiger partial charge in [0.1, 0.15) is 0 Å². The molecule has 0 aliphatic carbocycles. The molecule has 2 aliphatic heterocycles. The predicted molar refractivity (Wildman–Crippen MR) is 62.1 cm³/mol. The van der Waals surface area contributed by atoms with Gasteiger partial charge in [0.15, 0.2) is 0 Å². The third-order valence-electron chi connectivity index (χ3n) is 3.50. The third-order valence-corrected chi connectivity index (χ3v) is 3.50. The van der Waals surface area contributed by atoms with Crippen molar-refractivity contribution in [1.29, 1.82) is 0 Å². The van der Waals surface area contributed by atoms with Gasteiger partial charge in [0.2, 0.25) is 0 Å². The van der Waals surface area contributed by atoms with Crippen molar-refractivity contribution in [3.8, 4) is 0 Å². The number of morpholine rings is 1. The van der Waals surface area contributed by atoms with Gasteiger partial charge in [-0.1, -0.05) is 6.92 Å². The summed E-state index contributed by atoms with van der Waals surface area (Å²) < 4.78 is 5.82. The molecule has 0 aromatic carbocycles. The summed E-state index contributed by atoms with van der Waals surface area (Å²) in [4.78, 5) is 5.04. The molecule has 88 valence electrons. The van der Waals surface area contributed by atoms with Crippen LogP contribution in [-0.2, 0) is 4.74 Å². The minimum absolute atomic E-state index is 0.439. The molecule has 2 saturated heterocycles. The minimum atomic E-state index is 0.439. The first-order valence-corrected chi connectivity index (χ1v) is 6.23. The summed E-state index contributed by atoms with van der Waals surface area (Å²) in [6, 6.07) is 0.659. The van der Waals surface area contributed by atoms with Crippen molar-refractivity contribution in [2.24, 2.45) is 5.92 Å². The Balaban J connectivity index is 1.73. The lowest BCUT2D eigenvalue weighted by molar-refractivity contribution is -0.0647. The smallest absolute Gasteiger partial charge is 0.0829 e. The Hall–Kier alpha value is -0.120. The first-order chi connectivity index (χ1) is 7.15. The van der Waals surface area contributed by atoms with Crippen LogP contribution in [0.5, 0.6) is 0 Å². The maximum atomic E-state index is 5.82. The number of hydrogen-bond acceptors (Lipinski definition) is 3. The van der Waals surface area contributed by atoms with E-state index in [0.29, 0.717) is 12.1 Å². The van der Waals surface area contributed by atoms with Crippen LogP contribution in [0, 0.1) is 5.92 Å². The van der Waals surface area contributed by atoms with Crippen LogP contribution in [0.1, 0.15) is 20.8 Å². The normalized spacial score (nSPS) is 30.8. The Morgan fingerprint density at radius 3 is 2.60 bits per heavy atom. The van der Waals surface area contributed by atoms with Gasteiger partial charge in [0.05, 0.1) is 12.7 Å². The Kier molecular flexibility index (Phi) is 3.65. The maximum absolute atomic E-state index is 5.82. The van der Waals surface area contributed by atoms with Gasteiger partial charge in [0.25, 0.3) is 0 Å². The fourth-order valence-corrected chi connectivity index (χ4v) is 2.59. The highest BCUT2D eigenvalue weighted by atomic mass is 16.5. The van der Waals surface area contributed by atoms with Crippen LogP contribution in [-0.4, -0.2) is 61.3 Å². The zero-order valence-electron chi connectivity index (χ0n) is 10.3. The van der Waals surface area contributed by atoms with Crippen LogP contribution >= 0.6 is 0 Å². The van der Waals surface area contributed by atoms with Crippen LogP contribution in [0.3, 0.4) is 0 Å². The molecule has 15 heavy (non-hydrogen) atoms. The average Bonchev–Trinajstić information content (AvgIpc) is 2.16. The molecule has 0 amide bonds. The second-order valence-corrected chi connectivity index (χ2v) is 5.41. The fourth-order valence-electron chi connectivity index (χ4n) is 2.59. The van der Waals surface area contributed by atoms with Crippen molar-refractivity contribution in [2.45, 2.75) is 32.9 Å². The van der Waals surface area contributed by atoms with Gasteiger partial charge in [-0.05, 0) is 19.8 Å². The zero-order valence-corrected chi connectivity index (χ0v) is 10.3. The van der Waals surface area contributed by atoms with Gasteiger partial charge in [-0.2, -0.15) is 0 Å². The van der Waals surface area contributed by atoms with Crippen LogP contribution < -0.4 is 0 Å². The molecule has 0 N–H and O–H groups in total. The van der Waals surface area contributed by atoms with E-state index in [-0.39, 0.29) is 0 Å². The molecule has 0 aromatic rings. The Morgan fingerprint density at radius 2 is 2.00 bits per heavy atom. The number of rotatable bonds is 3. The minimum Gasteiger partial charge on any atom is -0.374 e. The molecule has 0 bridgehead atoms. The summed E-state index contributed by atoms with van der Waals surface area (Å²) in [6.45, 7) is 13.6. The van der Waals surface area contributed by atoms with E-state index in [9.17, 15) is 0 Å². The predicted octanol–water partition coefficient (Wildman–Crippen LogP) is 1.05. The topological polar surface area (TPSA) is 15.7 Å². The van der Waals surface area contributed by atoms with Gasteiger partial charge in [-0.25, -0.2) is 0 Å². The van der Waals surface area contributed by atoms with Crippen LogP contribution in [0.2, 0.25) is 0 Å². The van der Waals surface area contributed by atoms with Crippen molar-refractivity contribution in [3.63, 3.8) is 0 Å². The van der Waals surface area contributed by atoms with Gasteiger partial charge in [-0.3, -0.25) is 4.90 Å². The van der Waals surface area contributed by atoms with E-state index < -0.39 is 0 Å². The molecular formula is C12H24N2O. The van der Waals surface area contributed by atoms with E-state index in [1.165, 1.54) is 13.1 Å². The first kappa shape index (κ1) is 11.4. The lowest BCUT2D eigenvalue weighted by atomic mass is 10.0. The molecule has 0 radical (unpaired) electrons. The molecule has 2 heterocycles. The molecule has 3 nitrogen and oxygen atoms in total. The molecule has 2 aliphatic rings. The van der Waals surface area contributed by atoms with E-state index in [2.05, 4.69) is 30.6 Å². The highest BCUT2D eigenvalue weighted by Crippen LogP contribution is 2.17. The molecule has 0 saturated carbocycles. The summed E-state index contributed by atoms with van der Waals surface area (Å²) in [5, 5.41) is 0. The number of likely N-dealkylation sites (tertiary alicyclic amines) is 1. The summed E-state index contributed by atoms with van der Waals surface area (Å²) in [5.41, 5.74) is 0. The fraction of sp³-hybridized carbons (Fsp3) is 1.00. The van der Waals surface area contributed by atoms with Crippen molar-refractivity contribution in [2.75, 3.05) is 39.3 Å². The summed E-state index contributed by atoms with van der Waals surface area (Å²) in [5.74, 6) is 0.898. The molecule has 0 spiro atoms. The Bertz CT molecular complexity index is 202. The quantitative estimate of drug-likeness (QED) is 0.695. The van der Waals surface area contributed by atoms with Crippen LogP contribution in [0.25, 0.3) is 0 Å². The van der Waals surface area contributed by atoms with E-state index in [0.717, 1.165) is 32.2 Å². The van der Waals surface area contributed by atoms with Crippen molar-refractivity contribution >= 4 is 0 Å². The van der Waals surface area contributed by atoms with E-state index in [1.807, 2.05) is 0 Å². The maximum Gasteiger partial charge on any atom is 0.0829 e. The second kappa shape index (κ2) is 4.81. The van der Waals surface area contributed by atoms with Gasteiger partial charge < -0.3 is 9.64 Å². The zero-order chi connectivity index (χ0) is 10.8. The Labute approximate surface area is 93.4 Å². The van der Waals surface area contributed by atoms with Gasteiger partial charge >= 0.3 is 0 Å². The molecule has 2 rings (SSSR count). The Morgan fingerprint density at radius 1 is 1.27 bits per heavy atom. The molecule has 1 atom stereocenters.